The van der Waals surface area contributed by atoms with Gasteiger partial charge in [0, 0.05) is 31.4 Å². The van der Waals surface area contributed by atoms with E-state index >= 15 is 0 Å². The molecule has 2 saturated carbocycles. The molecule has 3 fully saturated rings. The van der Waals surface area contributed by atoms with E-state index in [4.69, 9.17) is 5.73 Å². The van der Waals surface area contributed by atoms with Crippen LogP contribution in [0.2, 0.25) is 0 Å². The molecule has 7 nitrogen and oxygen atoms in total. The van der Waals surface area contributed by atoms with Crippen molar-refractivity contribution in [1.82, 2.24) is 9.55 Å². The number of carboxylic acid groups (broad SMARTS) is 1. The van der Waals surface area contributed by atoms with E-state index in [1.54, 1.807) is 4.57 Å². The molecule has 1 saturated heterocycles. The maximum absolute atomic E-state index is 14.9. The van der Waals surface area contributed by atoms with Gasteiger partial charge in [-0.2, -0.15) is 0 Å². The number of anilines is 1. The molecule has 0 aromatic carbocycles. The first-order valence-corrected chi connectivity index (χ1v) is 9.43. The zero-order chi connectivity index (χ0) is 18.9. The van der Waals surface area contributed by atoms with E-state index < -0.39 is 17.2 Å². The van der Waals surface area contributed by atoms with Crippen LogP contribution in [0.25, 0.3) is 11.0 Å². The number of carboxylic acids is 1. The molecule has 3 heterocycles. The van der Waals surface area contributed by atoms with Crippen LogP contribution in [0.5, 0.6) is 0 Å². The summed E-state index contributed by atoms with van der Waals surface area (Å²) in [6, 6.07) is 1.43. The zero-order valence-corrected chi connectivity index (χ0v) is 14.8. The smallest absolute Gasteiger partial charge is 0.341 e. The number of rotatable bonds is 3. The lowest BCUT2D eigenvalue weighted by molar-refractivity contribution is 0.0695. The molecular formula is C19H21FN4O3. The fraction of sp³-hybridized carbons (Fsp3) is 0.526. The average Bonchev–Trinajstić information content (AvgIpc) is 3.44. The molecule has 0 amide bonds. The van der Waals surface area contributed by atoms with Crippen LogP contribution in [0.4, 0.5) is 10.2 Å². The van der Waals surface area contributed by atoms with Crippen LogP contribution in [0.3, 0.4) is 0 Å². The number of nitrogens with two attached hydrogens (primary N) is 1. The highest BCUT2D eigenvalue weighted by molar-refractivity contribution is 5.92. The maximum atomic E-state index is 14.9. The van der Waals surface area contributed by atoms with Crippen molar-refractivity contribution in [2.24, 2.45) is 17.6 Å². The molecule has 2 unspecified atom stereocenters. The standard InChI is InChI=1S/C19H21FN4O3/c20-14-5-12-16(25)13(19(26)27)8-24(11-3-4-11)17(12)22-18(14)23-6-9-1-2-10(7-23)15(9)21/h5,8-11,15H,1-4,6-7,21H2,(H,26,27). The van der Waals surface area contributed by atoms with Gasteiger partial charge in [0.1, 0.15) is 11.2 Å². The number of hydrogen-bond donors (Lipinski definition) is 2. The largest absolute Gasteiger partial charge is 0.477 e. The van der Waals surface area contributed by atoms with Gasteiger partial charge >= 0.3 is 5.97 Å². The predicted octanol–water partition coefficient (Wildman–Crippen LogP) is 1.74. The topological polar surface area (TPSA) is 101 Å². The van der Waals surface area contributed by atoms with Crippen molar-refractivity contribution in [2.75, 3.05) is 18.0 Å². The van der Waals surface area contributed by atoms with Gasteiger partial charge in [0.25, 0.3) is 0 Å². The van der Waals surface area contributed by atoms with Crippen LogP contribution >= 0.6 is 0 Å². The second-order valence-corrected chi connectivity index (χ2v) is 8.06. The van der Waals surface area contributed by atoms with Gasteiger partial charge < -0.3 is 20.3 Å². The van der Waals surface area contributed by atoms with Crippen molar-refractivity contribution in [1.29, 1.82) is 0 Å². The lowest BCUT2D eigenvalue weighted by Gasteiger charge is -2.37. The molecule has 2 atom stereocenters. The van der Waals surface area contributed by atoms with Gasteiger partial charge in [-0.15, -0.1) is 0 Å². The highest BCUT2D eigenvalue weighted by Crippen LogP contribution is 2.39. The number of fused-ring (bicyclic) bond motifs is 3. The van der Waals surface area contributed by atoms with Crippen molar-refractivity contribution in [3.05, 3.63) is 33.9 Å². The second-order valence-electron chi connectivity index (χ2n) is 8.06. The number of aromatic nitrogens is 2. The summed E-state index contributed by atoms with van der Waals surface area (Å²) in [5.41, 5.74) is 5.59. The number of hydrogen-bond acceptors (Lipinski definition) is 5. The maximum Gasteiger partial charge on any atom is 0.341 e. The van der Waals surface area contributed by atoms with E-state index in [-0.39, 0.29) is 28.9 Å². The zero-order valence-electron chi connectivity index (χ0n) is 14.8. The summed E-state index contributed by atoms with van der Waals surface area (Å²) in [6.45, 7) is 1.32. The Morgan fingerprint density at radius 2 is 1.89 bits per heavy atom. The monoisotopic (exact) mass is 372 g/mol. The lowest BCUT2D eigenvalue weighted by atomic mass is 9.93. The second kappa shape index (κ2) is 5.76. The molecule has 0 radical (unpaired) electrons. The van der Waals surface area contributed by atoms with Crippen molar-refractivity contribution < 1.29 is 14.3 Å². The van der Waals surface area contributed by atoms with Crippen LogP contribution in [-0.4, -0.2) is 39.8 Å². The molecule has 3 N–H and O–H groups in total. The molecule has 2 aliphatic carbocycles. The summed E-state index contributed by atoms with van der Waals surface area (Å²) in [5.74, 6) is -0.980. The molecule has 1 aliphatic heterocycles. The van der Waals surface area contributed by atoms with E-state index in [9.17, 15) is 19.1 Å². The number of pyridine rings is 2. The Kier molecular flexibility index (Phi) is 3.56. The molecule has 2 aromatic heterocycles. The molecule has 8 heteroatoms. The molecule has 0 spiro atoms. The minimum Gasteiger partial charge on any atom is -0.477 e. The highest BCUT2D eigenvalue weighted by Gasteiger charge is 2.41. The molecule has 5 rings (SSSR count). The van der Waals surface area contributed by atoms with Crippen LogP contribution in [-0.2, 0) is 0 Å². The minimum atomic E-state index is -1.30. The Morgan fingerprint density at radius 3 is 2.48 bits per heavy atom. The van der Waals surface area contributed by atoms with Crippen LogP contribution in [0.1, 0.15) is 42.1 Å². The predicted molar refractivity (Wildman–Crippen MR) is 97.6 cm³/mol. The van der Waals surface area contributed by atoms with E-state index in [0.29, 0.717) is 30.6 Å². The van der Waals surface area contributed by atoms with Crippen molar-refractivity contribution in [3.8, 4) is 0 Å². The fourth-order valence-electron chi connectivity index (χ4n) is 4.68. The molecule has 2 bridgehead atoms. The molecular weight excluding hydrogens is 351 g/mol. The van der Waals surface area contributed by atoms with Crippen molar-refractivity contribution in [3.63, 3.8) is 0 Å². The van der Waals surface area contributed by atoms with E-state index in [2.05, 4.69) is 4.98 Å². The Morgan fingerprint density at radius 1 is 1.22 bits per heavy atom. The highest BCUT2D eigenvalue weighted by atomic mass is 19.1. The van der Waals surface area contributed by atoms with Gasteiger partial charge in [-0.05, 0) is 43.6 Å². The van der Waals surface area contributed by atoms with Crippen molar-refractivity contribution in [2.45, 2.75) is 37.8 Å². The Balaban J connectivity index is 1.66. The fourth-order valence-corrected chi connectivity index (χ4v) is 4.68. The third-order valence-corrected chi connectivity index (χ3v) is 6.32. The Hall–Kier alpha value is -2.48. The van der Waals surface area contributed by atoms with Crippen LogP contribution in [0.15, 0.2) is 17.1 Å². The number of carbonyl (C=O) groups is 1. The first-order chi connectivity index (χ1) is 12.9. The minimum absolute atomic E-state index is 0.0275. The molecule has 27 heavy (non-hydrogen) atoms. The van der Waals surface area contributed by atoms with Crippen LogP contribution < -0.4 is 16.1 Å². The van der Waals surface area contributed by atoms with Gasteiger partial charge in [-0.1, -0.05) is 0 Å². The normalized spacial score (nSPS) is 27.3. The van der Waals surface area contributed by atoms with Crippen LogP contribution in [0, 0.1) is 17.7 Å². The molecule has 142 valence electrons. The molecule has 2 aromatic rings. The summed E-state index contributed by atoms with van der Waals surface area (Å²) >= 11 is 0. The van der Waals surface area contributed by atoms with E-state index in [1.807, 2.05) is 4.90 Å². The number of nitrogens with zero attached hydrogens (tertiary/aromatic N) is 3. The van der Waals surface area contributed by atoms with Gasteiger partial charge in [0.2, 0.25) is 5.43 Å². The lowest BCUT2D eigenvalue weighted by Crippen LogP contribution is -2.49. The molecule has 3 aliphatic rings. The third-order valence-electron chi connectivity index (χ3n) is 6.32. The summed E-state index contributed by atoms with van der Waals surface area (Å²) in [4.78, 5) is 30.4. The van der Waals surface area contributed by atoms with E-state index in [1.165, 1.54) is 6.20 Å². The number of halogens is 1. The van der Waals surface area contributed by atoms with Gasteiger partial charge in [0.15, 0.2) is 11.6 Å². The van der Waals surface area contributed by atoms with Gasteiger partial charge in [-0.3, -0.25) is 4.79 Å². The number of aromatic carboxylic acids is 1. The summed E-state index contributed by atoms with van der Waals surface area (Å²) in [5, 5.41) is 9.35. The average molecular weight is 372 g/mol. The summed E-state index contributed by atoms with van der Waals surface area (Å²) in [6.07, 6.45) is 5.25. The Labute approximate surface area is 154 Å². The third kappa shape index (κ3) is 2.54. The quantitative estimate of drug-likeness (QED) is 0.851. The first-order valence-electron chi connectivity index (χ1n) is 9.43. The van der Waals surface area contributed by atoms with Gasteiger partial charge in [-0.25, -0.2) is 14.2 Å². The van der Waals surface area contributed by atoms with Gasteiger partial charge in [0.05, 0.1) is 5.39 Å². The van der Waals surface area contributed by atoms with E-state index in [0.717, 1.165) is 31.7 Å². The number of piperidine rings is 1. The SMILES string of the molecule is NC1C2CCC1CN(c1nc3c(cc1F)c(=O)c(C(=O)O)cn3C1CC1)C2. The van der Waals surface area contributed by atoms with Crippen molar-refractivity contribution >= 4 is 22.8 Å². The first kappa shape index (κ1) is 16.7. The Bertz CT molecular complexity index is 1000. The summed E-state index contributed by atoms with van der Waals surface area (Å²) in [7, 11) is 0. The summed E-state index contributed by atoms with van der Waals surface area (Å²) < 4.78 is 16.6.